The number of para-hydroxylation sites is 1. The lowest BCUT2D eigenvalue weighted by atomic mass is 9.85. The van der Waals surface area contributed by atoms with Gasteiger partial charge in [-0.05, 0) is 69.4 Å². The van der Waals surface area contributed by atoms with Crippen LogP contribution in [-0.2, 0) is 0 Å². The van der Waals surface area contributed by atoms with E-state index in [1.54, 1.807) is 7.11 Å². The Hall–Kier alpha value is -1.06. The Balaban J connectivity index is 1.89. The van der Waals surface area contributed by atoms with Crippen molar-refractivity contribution < 1.29 is 4.74 Å². The lowest BCUT2D eigenvalue weighted by Crippen LogP contribution is -2.41. The zero-order chi connectivity index (χ0) is 15.9. The van der Waals surface area contributed by atoms with Gasteiger partial charge in [0.1, 0.15) is 5.75 Å². The molecule has 2 rings (SSSR count). The summed E-state index contributed by atoms with van der Waals surface area (Å²) in [5.74, 6) is 2.20. The molecular weight excluding hydrogens is 272 g/mol. The van der Waals surface area contributed by atoms with E-state index in [1.807, 2.05) is 0 Å². The van der Waals surface area contributed by atoms with Crippen molar-refractivity contribution in [3.8, 4) is 5.75 Å². The van der Waals surface area contributed by atoms with E-state index in [0.29, 0.717) is 17.9 Å². The Morgan fingerprint density at radius 1 is 1.23 bits per heavy atom. The Kier molecular flexibility index (Phi) is 6.71. The Morgan fingerprint density at radius 3 is 2.55 bits per heavy atom. The number of likely N-dealkylation sites (tertiary alicyclic amines) is 1. The SMILES string of the molecule is COc1ccccc1C(CCNC1CCN(C)CC1)C(C)C. The van der Waals surface area contributed by atoms with Gasteiger partial charge in [-0.15, -0.1) is 0 Å². The quantitative estimate of drug-likeness (QED) is 0.834. The molecule has 3 heteroatoms. The third-order valence-electron chi connectivity index (χ3n) is 4.95. The zero-order valence-electron chi connectivity index (χ0n) is 14.6. The average molecular weight is 304 g/mol. The first-order valence-corrected chi connectivity index (χ1v) is 8.66. The molecular formula is C19H32N2O. The lowest BCUT2D eigenvalue weighted by molar-refractivity contribution is 0.233. The van der Waals surface area contributed by atoms with E-state index in [-0.39, 0.29) is 0 Å². The Labute approximate surface area is 136 Å². The second-order valence-corrected chi connectivity index (χ2v) is 6.91. The van der Waals surface area contributed by atoms with Crippen LogP contribution in [0.4, 0.5) is 0 Å². The van der Waals surface area contributed by atoms with Gasteiger partial charge in [0, 0.05) is 6.04 Å². The summed E-state index contributed by atoms with van der Waals surface area (Å²) in [4.78, 5) is 2.42. The maximum Gasteiger partial charge on any atom is 0.122 e. The Morgan fingerprint density at radius 2 is 1.91 bits per heavy atom. The molecule has 3 nitrogen and oxygen atoms in total. The van der Waals surface area contributed by atoms with E-state index < -0.39 is 0 Å². The highest BCUT2D eigenvalue weighted by molar-refractivity contribution is 5.36. The van der Waals surface area contributed by atoms with Gasteiger partial charge in [-0.3, -0.25) is 0 Å². The lowest BCUT2D eigenvalue weighted by Gasteiger charge is -2.30. The Bertz CT molecular complexity index is 439. The molecule has 1 unspecified atom stereocenters. The summed E-state index contributed by atoms with van der Waals surface area (Å²) in [6, 6.07) is 9.17. The van der Waals surface area contributed by atoms with Crippen molar-refractivity contribution in [2.24, 2.45) is 5.92 Å². The van der Waals surface area contributed by atoms with E-state index in [1.165, 1.54) is 37.9 Å². The summed E-state index contributed by atoms with van der Waals surface area (Å²) in [5.41, 5.74) is 1.35. The summed E-state index contributed by atoms with van der Waals surface area (Å²) in [5, 5.41) is 3.77. The molecule has 1 aliphatic heterocycles. The van der Waals surface area contributed by atoms with Crippen LogP contribution in [0, 0.1) is 5.92 Å². The minimum Gasteiger partial charge on any atom is -0.496 e. The highest BCUT2D eigenvalue weighted by Gasteiger charge is 2.21. The molecule has 1 aliphatic rings. The molecule has 124 valence electrons. The number of methoxy groups -OCH3 is 1. The molecule has 1 aromatic rings. The second-order valence-electron chi connectivity index (χ2n) is 6.91. The number of piperidine rings is 1. The first-order valence-electron chi connectivity index (χ1n) is 8.66. The highest BCUT2D eigenvalue weighted by atomic mass is 16.5. The van der Waals surface area contributed by atoms with Crippen LogP contribution in [0.2, 0.25) is 0 Å². The number of ether oxygens (including phenoxy) is 1. The topological polar surface area (TPSA) is 24.5 Å². The first kappa shape index (κ1) is 17.3. The fraction of sp³-hybridized carbons (Fsp3) is 0.684. The van der Waals surface area contributed by atoms with E-state index in [0.717, 1.165) is 12.3 Å². The molecule has 0 radical (unpaired) electrons. The molecule has 0 bridgehead atoms. The van der Waals surface area contributed by atoms with Crippen LogP contribution in [0.1, 0.15) is 44.6 Å². The average Bonchev–Trinajstić information content (AvgIpc) is 2.53. The van der Waals surface area contributed by atoms with Gasteiger partial charge < -0.3 is 15.0 Å². The second kappa shape index (κ2) is 8.54. The van der Waals surface area contributed by atoms with Gasteiger partial charge in [0.15, 0.2) is 0 Å². The fourth-order valence-electron chi connectivity index (χ4n) is 3.48. The smallest absolute Gasteiger partial charge is 0.122 e. The van der Waals surface area contributed by atoms with Crippen molar-refractivity contribution in [3.05, 3.63) is 29.8 Å². The van der Waals surface area contributed by atoms with Crippen molar-refractivity contribution in [2.45, 2.75) is 45.1 Å². The zero-order valence-corrected chi connectivity index (χ0v) is 14.6. The van der Waals surface area contributed by atoms with E-state index in [2.05, 4.69) is 55.4 Å². The van der Waals surface area contributed by atoms with Crippen molar-refractivity contribution in [1.29, 1.82) is 0 Å². The number of hydrogen-bond acceptors (Lipinski definition) is 3. The number of rotatable bonds is 7. The maximum atomic E-state index is 5.56. The predicted octanol–water partition coefficient (Wildman–Crippen LogP) is 3.51. The molecule has 1 N–H and O–H groups in total. The van der Waals surface area contributed by atoms with E-state index >= 15 is 0 Å². The third-order valence-corrected chi connectivity index (χ3v) is 4.95. The molecule has 1 aromatic carbocycles. The van der Waals surface area contributed by atoms with Crippen LogP contribution < -0.4 is 10.1 Å². The number of benzene rings is 1. The summed E-state index contributed by atoms with van der Waals surface area (Å²) in [7, 11) is 3.99. The summed E-state index contributed by atoms with van der Waals surface area (Å²) < 4.78 is 5.56. The monoisotopic (exact) mass is 304 g/mol. The molecule has 1 heterocycles. The van der Waals surface area contributed by atoms with Crippen LogP contribution >= 0.6 is 0 Å². The van der Waals surface area contributed by atoms with Gasteiger partial charge in [-0.1, -0.05) is 32.0 Å². The summed E-state index contributed by atoms with van der Waals surface area (Å²) in [6.07, 6.45) is 3.72. The van der Waals surface area contributed by atoms with Crippen LogP contribution in [0.15, 0.2) is 24.3 Å². The first-order chi connectivity index (χ1) is 10.6. The predicted molar refractivity (Wildman–Crippen MR) is 93.7 cm³/mol. The normalized spacial score (nSPS) is 18.6. The number of nitrogens with zero attached hydrogens (tertiary/aromatic N) is 1. The van der Waals surface area contributed by atoms with Gasteiger partial charge in [0.2, 0.25) is 0 Å². The maximum absolute atomic E-state index is 5.56. The van der Waals surface area contributed by atoms with E-state index in [9.17, 15) is 0 Å². The molecule has 0 aromatic heterocycles. The van der Waals surface area contributed by atoms with Gasteiger partial charge in [-0.25, -0.2) is 0 Å². The van der Waals surface area contributed by atoms with Crippen molar-refractivity contribution in [1.82, 2.24) is 10.2 Å². The van der Waals surface area contributed by atoms with Crippen LogP contribution in [0.3, 0.4) is 0 Å². The third kappa shape index (κ3) is 4.72. The number of hydrogen-bond donors (Lipinski definition) is 1. The summed E-state index contributed by atoms with van der Waals surface area (Å²) >= 11 is 0. The van der Waals surface area contributed by atoms with Gasteiger partial charge >= 0.3 is 0 Å². The molecule has 0 amide bonds. The van der Waals surface area contributed by atoms with Gasteiger partial charge in [0.25, 0.3) is 0 Å². The summed E-state index contributed by atoms with van der Waals surface area (Å²) in [6.45, 7) is 8.16. The molecule has 22 heavy (non-hydrogen) atoms. The fourth-order valence-corrected chi connectivity index (χ4v) is 3.48. The largest absolute Gasteiger partial charge is 0.496 e. The standard InChI is InChI=1S/C19H32N2O/c1-15(2)17(18-7-5-6-8-19(18)22-4)9-12-20-16-10-13-21(3)14-11-16/h5-8,15-17,20H,9-14H2,1-4H3. The minimum absolute atomic E-state index is 0.551. The van der Waals surface area contributed by atoms with Crippen LogP contribution in [0.25, 0.3) is 0 Å². The molecule has 0 saturated carbocycles. The van der Waals surface area contributed by atoms with Crippen molar-refractivity contribution in [2.75, 3.05) is 33.8 Å². The molecule has 1 fully saturated rings. The van der Waals surface area contributed by atoms with Crippen molar-refractivity contribution >= 4 is 0 Å². The molecule has 1 atom stereocenters. The highest BCUT2D eigenvalue weighted by Crippen LogP contribution is 2.34. The van der Waals surface area contributed by atoms with E-state index in [4.69, 9.17) is 4.74 Å². The minimum atomic E-state index is 0.551. The van der Waals surface area contributed by atoms with Crippen LogP contribution in [-0.4, -0.2) is 44.7 Å². The number of nitrogens with one attached hydrogen (secondary N) is 1. The molecule has 0 aliphatic carbocycles. The van der Waals surface area contributed by atoms with Crippen LogP contribution in [0.5, 0.6) is 5.75 Å². The van der Waals surface area contributed by atoms with Gasteiger partial charge in [-0.2, -0.15) is 0 Å². The molecule has 1 saturated heterocycles. The molecule has 0 spiro atoms. The van der Waals surface area contributed by atoms with Crippen molar-refractivity contribution in [3.63, 3.8) is 0 Å². The van der Waals surface area contributed by atoms with Gasteiger partial charge in [0.05, 0.1) is 7.11 Å².